The number of amides is 3. The van der Waals surface area contributed by atoms with E-state index in [4.69, 9.17) is 16.3 Å². The minimum absolute atomic E-state index is 0.0541. The zero-order chi connectivity index (χ0) is 21.5. The minimum Gasteiger partial charge on any atom is -0.497 e. The summed E-state index contributed by atoms with van der Waals surface area (Å²) >= 11 is 5.68. The molecule has 0 bridgehead atoms. The van der Waals surface area contributed by atoms with E-state index in [0.717, 1.165) is 6.07 Å². The van der Waals surface area contributed by atoms with E-state index in [0.29, 0.717) is 16.5 Å². The lowest BCUT2D eigenvalue weighted by atomic mass is 10.00. The van der Waals surface area contributed by atoms with Gasteiger partial charge in [-0.1, -0.05) is 23.4 Å². The second-order valence-corrected chi connectivity index (χ2v) is 7.13. The molecule has 1 atom stereocenters. The normalized spacial score (nSPS) is 18.0. The summed E-state index contributed by atoms with van der Waals surface area (Å²) in [6.45, 7) is -0.170. The molecule has 3 N–H and O–H groups in total. The molecule has 0 radical (unpaired) electrons. The Labute approximate surface area is 175 Å². The molecule has 0 aliphatic carbocycles. The number of methoxy groups -OCH3 is 1. The van der Waals surface area contributed by atoms with E-state index >= 15 is 0 Å². The molecular formula is C21H15ClFN3O4. The zero-order valence-electron chi connectivity index (χ0n) is 15.6. The second-order valence-electron chi connectivity index (χ2n) is 6.73. The molecule has 30 heavy (non-hydrogen) atoms. The summed E-state index contributed by atoms with van der Waals surface area (Å²) in [5, 5.41) is 16.5. The number of nitrogens with one attached hydrogen (secondary N) is 2. The van der Waals surface area contributed by atoms with Crippen LogP contribution in [-0.2, 0) is 11.3 Å². The molecule has 0 spiro atoms. The summed E-state index contributed by atoms with van der Waals surface area (Å²) in [5.74, 6) is 4.53. The lowest BCUT2D eigenvalue weighted by molar-refractivity contribution is -0.122. The van der Waals surface area contributed by atoms with Crippen molar-refractivity contribution in [3.8, 4) is 23.5 Å². The molecule has 3 aromatic rings. The van der Waals surface area contributed by atoms with Crippen LogP contribution >= 0.6 is 11.6 Å². The van der Waals surface area contributed by atoms with Crippen LogP contribution in [0.15, 0.2) is 42.6 Å². The van der Waals surface area contributed by atoms with Gasteiger partial charge < -0.3 is 19.7 Å². The molecule has 1 saturated heterocycles. The average Bonchev–Trinajstić information content (AvgIpc) is 3.18. The molecule has 7 nitrogen and oxygen atoms in total. The van der Waals surface area contributed by atoms with Crippen molar-refractivity contribution in [2.75, 3.05) is 7.11 Å². The number of fused-ring (bicyclic) bond motifs is 1. The van der Waals surface area contributed by atoms with Gasteiger partial charge >= 0.3 is 6.03 Å². The first-order chi connectivity index (χ1) is 14.3. The fourth-order valence-electron chi connectivity index (χ4n) is 3.21. The van der Waals surface area contributed by atoms with Crippen LogP contribution in [0.4, 0.5) is 9.18 Å². The number of ether oxygens (including phenoxy) is 1. The van der Waals surface area contributed by atoms with Gasteiger partial charge in [0.05, 0.1) is 18.7 Å². The molecule has 3 amide bonds. The van der Waals surface area contributed by atoms with Crippen LogP contribution in [0, 0.1) is 17.7 Å². The van der Waals surface area contributed by atoms with Crippen molar-refractivity contribution in [1.29, 1.82) is 0 Å². The quantitative estimate of drug-likeness (QED) is 0.442. The molecule has 1 aromatic heterocycles. The third-order valence-corrected chi connectivity index (χ3v) is 5.06. The van der Waals surface area contributed by atoms with Crippen molar-refractivity contribution in [2.45, 2.75) is 12.1 Å². The van der Waals surface area contributed by atoms with Gasteiger partial charge in [-0.15, -0.1) is 0 Å². The van der Waals surface area contributed by atoms with E-state index in [-0.39, 0.29) is 23.0 Å². The standard InChI is InChI=1S/C21H15ClFN3O4/c1-30-14-4-3-13-10-26(18(27)15(13)9-14)11-21(19(28)24-20(29)25-21)7-6-12-2-5-16(22)17(23)8-12/h2-5,8-10,27H,11H2,1H3,(H2,24,25,28,29)/t21-/m1/s1. The molecule has 1 aliphatic rings. The number of aromatic nitrogens is 1. The molecular weight excluding hydrogens is 413 g/mol. The SMILES string of the molecule is COc1ccc2cn(C[C@@]3(C#Cc4ccc(Cl)c(F)c4)NC(=O)NC3=O)c(O)c2c1. The maximum atomic E-state index is 13.7. The molecule has 0 saturated carbocycles. The molecule has 2 heterocycles. The number of rotatable bonds is 3. The van der Waals surface area contributed by atoms with Gasteiger partial charge in [0.15, 0.2) is 5.88 Å². The molecule has 2 aromatic carbocycles. The summed E-state index contributed by atoms with van der Waals surface area (Å²) in [4.78, 5) is 24.4. The minimum atomic E-state index is -1.66. The van der Waals surface area contributed by atoms with Gasteiger partial charge in [0.2, 0.25) is 5.54 Å². The number of hydrogen-bond acceptors (Lipinski definition) is 4. The van der Waals surface area contributed by atoms with Crippen LogP contribution in [0.2, 0.25) is 5.02 Å². The number of imide groups is 1. The predicted octanol–water partition coefficient (Wildman–Crippen LogP) is 2.78. The Bertz CT molecular complexity index is 1260. The van der Waals surface area contributed by atoms with Gasteiger partial charge in [0.1, 0.15) is 11.6 Å². The Hall–Kier alpha value is -3.70. The highest BCUT2D eigenvalue weighted by molar-refractivity contribution is 6.30. The first-order valence-corrected chi connectivity index (χ1v) is 9.17. The lowest BCUT2D eigenvalue weighted by Gasteiger charge is -2.20. The zero-order valence-corrected chi connectivity index (χ0v) is 16.4. The molecule has 9 heteroatoms. The van der Waals surface area contributed by atoms with Crippen molar-refractivity contribution in [3.63, 3.8) is 0 Å². The monoisotopic (exact) mass is 427 g/mol. The number of halogens is 2. The van der Waals surface area contributed by atoms with E-state index in [1.807, 2.05) is 0 Å². The Morgan fingerprint density at radius 1 is 1.27 bits per heavy atom. The van der Waals surface area contributed by atoms with Crippen molar-refractivity contribution in [1.82, 2.24) is 15.2 Å². The Morgan fingerprint density at radius 2 is 2.07 bits per heavy atom. The van der Waals surface area contributed by atoms with Crippen LogP contribution in [0.5, 0.6) is 11.6 Å². The number of hydrogen-bond donors (Lipinski definition) is 3. The van der Waals surface area contributed by atoms with Crippen LogP contribution < -0.4 is 15.4 Å². The van der Waals surface area contributed by atoms with Gasteiger partial charge in [0, 0.05) is 22.5 Å². The Balaban J connectivity index is 1.76. The number of carbonyl (C=O) groups is 2. The second kappa shape index (κ2) is 7.28. The maximum Gasteiger partial charge on any atom is 0.323 e. The Kier molecular flexibility index (Phi) is 4.76. The third kappa shape index (κ3) is 3.40. The third-order valence-electron chi connectivity index (χ3n) is 4.76. The van der Waals surface area contributed by atoms with Crippen molar-refractivity contribution < 1.29 is 23.8 Å². The average molecular weight is 428 g/mol. The maximum absolute atomic E-state index is 13.7. The van der Waals surface area contributed by atoms with Crippen LogP contribution in [0.25, 0.3) is 10.8 Å². The van der Waals surface area contributed by atoms with Crippen LogP contribution in [0.1, 0.15) is 5.56 Å². The van der Waals surface area contributed by atoms with E-state index < -0.39 is 23.3 Å². The molecule has 1 fully saturated rings. The van der Waals surface area contributed by atoms with Gasteiger partial charge in [-0.3, -0.25) is 10.1 Å². The molecule has 152 valence electrons. The highest BCUT2D eigenvalue weighted by Gasteiger charge is 2.46. The summed E-state index contributed by atoms with van der Waals surface area (Å²) in [7, 11) is 1.51. The van der Waals surface area contributed by atoms with Gasteiger partial charge in [-0.2, -0.15) is 0 Å². The first kappa shape index (κ1) is 19.6. The van der Waals surface area contributed by atoms with Crippen molar-refractivity contribution >= 4 is 34.3 Å². The summed E-state index contributed by atoms with van der Waals surface area (Å²) in [6, 6.07) is 8.41. The number of benzene rings is 2. The summed E-state index contributed by atoms with van der Waals surface area (Å²) < 4.78 is 20.3. The van der Waals surface area contributed by atoms with E-state index in [1.54, 1.807) is 24.4 Å². The fraction of sp³-hybridized carbons (Fsp3) is 0.143. The Morgan fingerprint density at radius 3 is 2.73 bits per heavy atom. The number of nitrogens with zero attached hydrogens (tertiary/aromatic N) is 1. The molecule has 4 rings (SSSR count). The molecule has 0 unspecified atom stereocenters. The highest BCUT2D eigenvalue weighted by atomic mass is 35.5. The van der Waals surface area contributed by atoms with Gasteiger partial charge in [0.25, 0.3) is 5.91 Å². The largest absolute Gasteiger partial charge is 0.497 e. The van der Waals surface area contributed by atoms with Crippen molar-refractivity contribution in [3.05, 3.63) is 59.0 Å². The van der Waals surface area contributed by atoms with Gasteiger partial charge in [-0.25, -0.2) is 9.18 Å². The summed E-state index contributed by atoms with van der Waals surface area (Å²) in [5.41, 5.74) is -1.39. The highest BCUT2D eigenvalue weighted by Crippen LogP contribution is 2.32. The molecule has 1 aliphatic heterocycles. The first-order valence-electron chi connectivity index (χ1n) is 8.79. The van der Waals surface area contributed by atoms with E-state index in [9.17, 15) is 19.1 Å². The summed E-state index contributed by atoms with van der Waals surface area (Å²) in [6.07, 6.45) is 1.63. The van der Waals surface area contributed by atoms with E-state index in [1.165, 1.54) is 23.8 Å². The number of urea groups is 1. The number of aromatic hydroxyl groups is 1. The fourth-order valence-corrected chi connectivity index (χ4v) is 3.33. The number of carbonyl (C=O) groups excluding carboxylic acids is 2. The van der Waals surface area contributed by atoms with E-state index in [2.05, 4.69) is 22.5 Å². The van der Waals surface area contributed by atoms with Crippen molar-refractivity contribution in [2.24, 2.45) is 0 Å². The smallest absolute Gasteiger partial charge is 0.323 e. The topological polar surface area (TPSA) is 92.6 Å². The predicted molar refractivity (Wildman–Crippen MR) is 108 cm³/mol. The van der Waals surface area contributed by atoms with Crippen LogP contribution in [-0.4, -0.2) is 34.3 Å². The van der Waals surface area contributed by atoms with Crippen LogP contribution in [0.3, 0.4) is 0 Å². The lowest BCUT2D eigenvalue weighted by Crippen LogP contribution is -2.49. The van der Waals surface area contributed by atoms with Gasteiger partial charge in [-0.05, 0) is 36.4 Å².